The first-order valence-corrected chi connectivity index (χ1v) is 5.71. The minimum absolute atomic E-state index is 0.226. The van der Waals surface area contributed by atoms with E-state index in [1.54, 1.807) is 0 Å². The van der Waals surface area contributed by atoms with Gasteiger partial charge in [0.05, 0.1) is 5.52 Å². The fraction of sp³-hybridized carbons (Fsp3) is 0.357. The highest BCUT2D eigenvalue weighted by atomic mass is 14.8. The first-order valence-electron chi connectivity index (χ1n) is 5.71. The molecule has 16 heavy (non-hydrogen) atoms. The molecule has 0 aliphatic heterocycles. The Morgan fingerprint density at radius 3 is 2.56 bits per heavy atom. The van der Waals surface area contributed by atoms with Crippen molar-refractivity contribution in [2.24, 2.45) is 11.1 Å². The zero-order chi connectivity index (χ0) is 11.3. The molecule has 0 unspecified atom stereocenters. The lowest BCUT2D eigenvalue weighted by Gasteiger charge is -2.06. The van der Waals surface area contributed by atoms with Crippen LogP contribution in [0, 0.1) is 5.41 Å². The van der Waals surface area contributed by atoms with Crippen LogP contribution in [0.15, 0.2) is 36.5 Å². The molecule has 2 N–H and O–H groups in total. The summed E-state index contributed by atoms with van der Waals surface area (Å²) in [5, 5.41) is 1.25. The maximum absolute atomic E-state index is 6.15. The molecule has 1 aliphatic carbocycles. The molecule has 2 heteroatoms. The maximum Gasteiger partial charge on any atom is 0.0704 e. The molecule has 0 saturated heterocycles. The molecule has 2 nitrogen and oxygen atoms in total. The van der Waals surface area contributed by atoms with Crippen molar-refractivity contribution in [3.05, 3.63) is 42.1 Å². The number of hydrogen-bond acceptors (Lipinski definition) is 2. The third kappa shape index (κ3) is 1.20. The van der Waals surface area contributed by atoms with Crippen molar-refractivity contribution in [2.45, 2.75) is 25.8 Å². The SMILES string of the molecule is CC1(C)[C@H](N)[C@H]1c1ccnc2ccccc12. The van der Waals surface area contributed by atoms with E-state index in [0.29, 0.717) is 5.92 Å². The highest BCUT2D eigenvalue weighted by Crippen LogP contribution is 2.58. The van der Waals surface area contributed by atoms with E-state index < -0.39 is 0 Å². The summed E-state index contributed by atoms with van der Waals surface area (Å²) in [6, 6.07) is 10.7. The number of nitrogens with two attached hydrogens (primary N) is 1. The quantitative estimate of drug-likeness (QED) is 0.789. The molecule has 82 valence electrons. The Balaban J connectivity index is 2.19. The fourth-order valence-electron chi connectivity index (χ4n) is 2.66. The third-order valence-corrected chi connectivity index (χ3v) is 3.93. The second-order valence-corrected chi connectivity index (χ2v) is 5.24. The topological polar surface area (TPSA) is 38.9 Å². The average molecular weight is 212 g/mol. The molecule has 1 aromatic carbocycles. The molecule has 1 fully saturated rings. The van der Waals surface area contributed by atoms with Gasteiger partial charge in [-0.25, -0.2) is 0 Å². The van der Waals surface area contributed by atoms with Gasteiger partial charge in [0.2, 0.25) is 0 Å². The van der Waals surface area contributed by atoms with Crippen molar-refractivity contribution in [1.29, 1.82) is 0 Å². The molecule has 1 saturated carbocycles. The van der Waals surface area contributed by atoms with E-state index in [1.165, 1.54) is 10.9 Å². The summed E-state index contributed by atoms with van der Waals surface area (Å²) in [7, 11) is 0. The summed E-state index contributed by atoms with van der Waals surface area (Å²) in [6.45, 7) is 4.47. The van der Waals surface area contributed by atoms with Gasteiger partial charge in [-0.05, 0) is 23.1 Å². The molecule has 0 bridgehead atoms. The second-order valence-electron chi connectivity index (χ2n) is 5.24. The number of rotatable bonds is 1. The first-order chi connectivity index (χ1) is 7.62. The largest absolute Gasteiger partial charge is 0.327 e. The summed E-state index contributed by atoms with van der Waals surface area (Å²) in [4.78, 5) is 4.38. The van der Waals surface area contributed by atoms with E-state index in [0.717, 1.165) is 5.52 Å². The van der Waals surface area contributed by atoms with Gasteiger partial charge >= 0.3 is 0 Å². The summed E-state index contributed by atoms with van der Waals surface area (Å²) >= 11 is 0. The summed E-state index contributed by atoms with van der Waals surface area (Å²) in [5.41, 5.74) is 8.79. The van der Waals surface area contributed by atoms with Gasteiger partial charge in [0.15, 0.2) is 0 Å². The molecule has 1 aliphatic rings. The van der Waals surface area contributed by atoms with Gasteiger partial charge in [-0.2, -0.15) is 0 Å². The van der Waals surface area contributed by atoms with Gasteiger partial charge in [-0.3, -0.25) is 4.98 Å². The highest BCUT2D eigenvalue weighted by molar-refractivity contribution is 5.83. The molecular formula is C14H16N2. The number of benzene rings is 1. The molecule has 0 spiro atoms. The van der Waals surface area contributed by atoms with Crippen molar-refractivity contribution in [1.82, 2.24) is 4.98 Å². The Morgan fingerprint density at radius 1 is 1.19 bits per heavy atom. The molecule has 0 amide bonds. The van der Waals surface area contributed by atoms with Crippen LogP contribution < -0.4 is 5.73 Å². The standard InChI is InChI=1S/C14H16N2/c1-14(2)12(13(14)15)10-7-8-16-11-6-4-3-5-9(10)11/h3-8,12-13H,15H2,1-2H3/t12-,13-/m1/s1. The lowest BCUT2D eigenvalue weighted by Crippen LogP contribution is -2.06. The predicted molar refractivity (Wildman–Crippen MR) is 66.2 cm³/mol. The van der Waals surface area contributed by atoms with Gasteiger partial charge in [-0.1, -0.05) is 32.0 Å². The zero-order valence-electron chi connectivity index (χ0n) is 9.64. The minimum atomic E-state index is 0.226. The Morgan fingerprint density at radius 2 is 1.88 bits per heavy atom. The van der Waals surface area contributed by atoms with E-state index in [4.69, 9.17) is 5.73 Å². The molecule has 3 rings (SSSR count). The third-order valence-electron chi connectivity index (χ3n) is 3.93. The maximum atomic E-state index is 6.15. The molecule has 1 heterocycles. The number of para-hydroxylation sites is 1. The van der Waals surface area contributed by atoms with Crippen LogP contribution in [0.5, 0.6) is 0 Å². The number of aromatic nitrogens is 1. The summed E-state index contributed by atoms with van der Waals surface area (Å²) in [6.07, 6.45) is 1.89. The Labute approximate surface area is 95.5 Å². The van der Waals surface area contributed by atoms with Gasteiger partial charge in [0.25, 0.3) is 0 Å². The van der Waals surface area contributed by atoms with Crippen LogP contribution in [0.3, 0.4) is 0 Å². The second kappa shape index (κ2) is 3.05. The monoisotopic (exact) mass is 212 g/mol. The number of nitrogens with zero attached hydrogens (tertiary/aromatic N) is 1. The minimum Gasteiger partial charge on any atom is -0.327 e. The molecule has 1 aromatic heterocycles. The van der Waals surface area contributed by atoms with Crippen molar-refractivity contribution in [3.8, 4) is 0 Å². The normalized spacial score (nSPS) is 26.9. The number of pyridine rings is 1. The number of hydrogen-bond donors (Lipinski definition) is 1. The van der Waals surface area contributed by atoms with Crippen molar-refractivity contribution in [3.63, 3.8) is 0 Å². The molecule has 2 atom stereocenters. The molecule has 2 aromatic rings. The van der Waals surface area contributed by atoms with E-state index >= 15 is 0 Å². The molecular weight excluding hydrogens is 196 g/mol. The van der Waals surface area contributed by atoms with Gasteiger partial charge in [0.1, 0.15) is 0 Å². The van der Waals surface area contributed by atoms with E-state index in [2.05, 4.69) is 43.1 Å². The van der Waals surface area contributed by atoms with Crippen LogP contribution in [0.4, 0.5) is 0 Å². The van der Waals surface area contributed by atoms with Crippen LogP contribution in [-0.4, -0.2) is 11.0 Å². The van der Waals surface area contributed by atoms with Crippen molar-refractivity contribution < 1.29 is 0 Å². The Kier molecular flexibility index (Phi) is 1.86. The fourth-order valence-corrected chi connectivity index (χ4v) is 2.66. The summed E-state index contributed by atoms with van der Waals surface area (Å²) in [5.74, 6) is 0.473. The lowest BCUT2D eigenvalue weighted by atomic mass is 10.00. The Bertz CT molecular complexity index is 540. The van der Waals surface area contributed by atoms with Gasteiger partial charge in [0, 0.05) is 23.5 Å². The van der Waals surface area contributed by atoms with E-state index in [9.17, 15) is 0 Å². The average Bonchev–Trinajstić information content (AvgIpc) is 2.77. The van der Waals surface area contributed by atoms with Crippen molar-refractivity contribution in [2.75, 3.05) is 0 Å². The van der Waals surface area contributed by atoms with E-state index in [1.807, 2.05) is 12.3 Å². The number of fused-ring (bicyclic) bond motifs is 1. The Hall–Kier alpha value is -1.41. The van der Waals surface area contributed by atoms with Crippen LogP contribution >= 0.6 is 0 Å². The van der Waals surface area contributed by atoms with Crippen LogP contribution in [0.25, 0.3) is 10.9 Å². The van der Waals surface area contributed by atoms with E-state index in [-0.39, 0.29) is 11.5 Å². The van der Waals surface area contributed by atoms with Crippen LogP contribution in [0.1, 0.15) is 25.3 Å². The highest BCUT2D eigenvalue weighted by Gasteiger charge is 2.56. The molecule has 0 radical (unpaired) electrons. The van der Waals surface area contributed by atoms with Crippen LogP contribution in [0.2, 0.25) is 0 Å². The van der Waals surface area contributed by atoms with Crippen molar-refractivity contribution >= 4 is 10.9 Å². The smallest absolute Gasteiger partial charge is 0.0704 e. The van der Waals surface area contributed by atoms with Gasteiger partial charge in [-0.15, -0.1) is 0 Å². The van der Waals surface area contributed by atoms with Gasteiger partial charge < -0.3 is 5.73 Å². The predicted octanol–water partition coefficient (Wildman–Crippen LogP) is 2.69. The first kappa shape index (κ1) is 9.79. The van der Waals surface area contributed by atoms with Crippen LogP contribution in [-0.2, 0) is 0 Å². The summed E-state index contributed by atoms with van der Waals surface area (Å²) < 4.78 is 0. The lowest BCUT2D eigenvalue weighted by molar-refractivity contribution is 0.600. The zero-order valence-corrected chi connectivity index (χ0v) is 9.64.